The van der Waals surface area contributed by atoms with Gasteiger partial charge in [0, 0.05) is 19.6 Å². The maximum absolute atomic E-state index is 13.0. The first kappa shape index (κ1) is 16.0. The third-order valence-corrected chi connectivity index (χ3v) is 4.78. The van der Waals surface area contributed by atoms with Gasteiger partial charge in [-0.25, -0.2) is 0 Å². The fraction of sp³-hybridized carbons (Fsp3) is 0.611. The van der Waals surface area contributed by atoms with Crippen LogP contribution in [-0.2, 0) is 11.2 Å². The van der Waals surface area contributed by atoms with Crippen LogP contribution in [0.25, 0.3) is 0 Å². The Balaban J connectivity index is 2.00. The molecule has 1 aliphatic heterocycles. The quantitative estimate of drug-likeness (QED) is 0.873. The van der Waals surface area contributed by atoms with Gasteiger partial charge in [-0.05, 0) is 44.7 Å². The van der Waals surface area contributed by atoms with Gasteiger partial charge < -0.3 is 10.2 Å². The maximum atomic E-state index is 13.0. The molecule has 116 valence electrons. The minimum Gasteiger partial charge on any atom is -0.342 e. The Morgan fingerprint density at radius 2 is 2.05 bits per heavy atom. The van der Waals surface area contributed by atoms with E-state index in [-0.39, 0.29) is 5.41 Å². The van der Waals surface area contributed by atoms with Gasteiger partial charge in [-0.2, -0.15) is 0 Å². The first-order valence-corrected chi connectivity index (χ1v) is 8.26. The Kier molecular flexibility index (Phi) is 5.80. The lowest BCUT2D eigenvalue weighted by Gasteiger charge is -2.39. The molecule has 0 saturated carbocycles. The summed E-state index contributed by atoms with van der Waals surface area (Å²) in [6.07, 6.45) is 4.00. The highest BCUT2D eigenvalue weighted by atomic mass is 16.2. The Hall–Kier alpha value is -1.35. The molecule has 1 heterocycles. The zero-order chi connectivity index (χ0) is 15.1. The molecular weight excluding hydrogens is 260 g/mol. The van der Waals surface area contributed by atoms with Crippen LogP contribution in [0.4, 0.5) is 0 Å². The van der Waals surface area contributed by atoms with Gasteiger partial charge in [0.15, 0.2) is 0 Å². The van der Waals surface area contributed by atoms with Crippen LogP contribution in [0.3, 0.4) is 0 Å². The highest BCUT2D eigenvalue weighted by molar-refractivity contribution is 5.83. The number of amides is 1. The molecule has 0 spiro atoms. The Morgan fingerprint density at radius 3 is 2.62 bits per heavy atom. The summed E-state index contributed by atoms with van der Waals surface area (Å²) in [6.45, 7) is 7.74. The van der Waals surface area contributed by atoms with Crippen LogP contribution in [0.5, 0.6) is 0 Å². The zero-order valence-corrected chi connectivity index (χ0v) is 13.4. The molecule has 21 heavy (non-hydrogen) atoms. The molecule has 3 nitrogen and oxygen atoms in total. The molecule has 0 aliphatic carbocycles. The minimum atomic E-state index is -0.176. The van der Waals surface area contributed by atoms with Crippen molar-refractivity contribution >= 4 is 5.91 Å². The van der Waals surface area contributed by atoms with Crippen molar-refractivity contribution in [3.63, 3.8) is 0 Å². The van der Waals surface area contributed by atoms with Crippen molar-refractivity contribution in [2.24, 2.45) is 5.41 Å². The standard InChI is InChI=1S/C18H28N2O/c1-3-18(12-8-13-19-15-18)17(21)20(4-2)14-11-16-9-6-5-7-10-16/h5-7,9-10,19H,3-4,8,11-15H2,1-2H3. The lowest BCUT2D eigenvalue weighted by atomic mass is 9.77. The molecule has 1 atom stereocenters. The monoisotopic (exact) mass is 288 g/mol. The van der Waals surface area contributed by atoms with E-state index in [1.807, 2.05) is 11.0 Å². The zero-order valence-electron chi connectivity index (χ0n) is 13.4. The molecule has 1 amide bonds. The van der Waals surface area contributed by atoms with Crippen molar-refractivity contribution in [1.29, 1.82) is 0 Å². The lowest BCUT2D eigenvalue weighted by molar-refractivity contribution is -0.143. The molecular formula is C18H28N2O. The van der Waals surface area contributed by atoms with Crippen molar-refractivity contribution in [1.82, 2.24) is 10.2 Å². The molecule has 1 aromatic carbocycles. The van der Waals surface area contributed by atoms with Crippen LogP contribution in [-0.4, -0.2) is 37.0 Å². The summed E-state index contributed by atoms with van der Waals surface area (Å²) in [5.41, 5.74) is 1.13. The number of likely N-dealkylation sites (N-methyl/N-ethyl adjacent to an activating group) is 1. The number of carbonyl (C=O) groups is 1. The van der Waals surface area contributed by atoms with Gasteiger partial charge >= 0.3 is 0 Å². The predicted molar refractivity (Wildman–Crippen MR) is 87.2 cm³/mol. The number of rotatable bonds is 6. The van der Waals surface area contributed by atoms with E-state index in [2.05, 4.69) is 43.4 Å². The molecule has 1 N–H and O–H groups in total. The summed E-state index contributed by atoms with van der Waals surface area (Å²) in [7, 11) is 0. The van der Waals surface area contributed by atoms with E-state index in [9.17, 15) is 4.79 Å². The van der Waals surface area contributed by atoms with E-state index < -0.39 is 0 Å². The van der Waals surface area contributed by atoms with Gasteiger partial charge in [0.2, 0.25) is 5.91 Å². The van der Waals surface area contributed by atoms with E-state index in [1.165, 1.54) is 5.56 Å². The summed E-state index contributed by atoms with van der Waals surface area (Å²) in [5.74, 6) is 0.343. The smallest absolute Gasteiger partial charge is 0.230 e. The second-order valence-corrected chi connectivity index (χ2v) is 6.03. The van der Waals surface area contributed by atoms with Crippen LogP contribution in [0.15, 0.2) is 30.3 Å². The summed E-state index contributed by atoms with van der Waals surface area (Å²) in [4.78, 5) is 15.0. The molecule has 1 fully saturated rings. The van der Waals surface area contributed by atoms with Gasteiger partial charge in [-0.1, -0.05) is 37.3 Å². The number of benzene rings is 1. The van der Waals surface area contributed by atoms with E-state index in [0.29, 0.717) is 5.91 Å². The minimum absolute atomic E-state index is 0.176. The molecule has 0 aromatic heterocycles. The Bertz CT molecular complexity index is 438. The number of nitrogens with one attached hydrogen (secondary N) is 1. The van der Waals surface area contributed by atoms with Crippen LogP contribution in [0.2, 0.25) is 0 Å². The van der Waals surface area contributed by atoms with Crippen LogP contribution < -0.4 is 5.32 Å². The van der Waals surface area contributed by atoms with E-state index >= 15 is 0 Å². The second-order valence-electron chi connectivity index (χ2n) is 6.03. The van der Waals surface area contributed by atoms with Gasteiger partial charge in [0.25, 0.3) is 0 Å². The third kappa shape index (κ3) is 3.85. The molecule has 1 aliphatic rings. The molecule has 1 aromatic rings. The van der Waals surface area contributed by atoms with Crippen molar-refractivity contribution in [3.8, 4) is 0 Å². The highest BCUT2D eigenvalue weighted by Gasteiger charge is 2.39. The van der Waals surface area contributed by atoms with Gasteiger partial charge in [0.05, 0.1) is 5.41 Å². The van der Waals surface area contributed by atoms with Crippen molar-refractivity contribution in [3.05, 3.63) is 35.9 Å². The number of nitrogens with zero attached hydrogens (tertiary/aromatic N) is 1. The SMILES string of the molecule is CCN(CCc1ccccc1)C(=O)C1(CC)CCCNC1. The van der Waals surface area contributed by atoms with Crippen molar-refractivity contribution in [2.45, 2.75) is 39.5 Å². The summed E-state index contributed by atoms with van der Waals surface area (Å²) in [5, 5.41) is 3.41. The number of hydrogen-bond donors (Lipinski definition) is 1. The van der Waals surface area contributed by atoms with E-state index in [4.69, 9.17) is 0 Å². The highest BCUT2D eigenvalue weighted by Crippen LogP contribution is 2.32. The van der Waals surface area contributed by atoms with Gasteiger partial charge in [-0.15, -0.1) is 0 Å². The topological polar surface area (TPSA) is 32.3 Å². The molecule has 1 saturated heterocycles. The third-order valence-electron chi connectivity index (χ3n) is 4.78. The maximum Gasteiger partial charge on any atom is 0.230 e. The fourth-order valence-electron chi connectivity index (χ4n) is 3.25. The normalized spacial score (nSPS) is 22.0. The fourth-order valence-corrected chi connectivity index (χ4v) is 3.25. The summed E-state index contributed by atoms with van der Waals surface area (Å²) >= 11 is 0. The summed E-state index contributed by atoms with van der Waals surface area (Å²) < 4.78 is 0. The number of carbonyl (C=O) groups excluding carboxylic acids is 1. The van der Waals surface area contributed by atoms with Crippen molar-refractivity contribution < 1.29 is 4.79 Å². The van der Waals surface area contributed by atoms with E-state index in [0.717, 1.165) is 51.9 Å². The first-order valence-electron chi connectivity index (χ1n) is 8.26. The largest absolute Gasteiger partial charge is 0.342 e. The molecule has 2 rings (SSSR count). The number of hydrogen-bond acceptors (Lipinski definition) is 2. The van der Waals surface area contributed by atoms with Crippen LogP contribution in [0.1, 0.15) is 38.7 Å². The first-order chi connectivity index (χ1) is 10.2. The van der Waals surface area contributed by atoms with Gasteiger partial charge in [-0.3, -0.25) is 4.79 Å². The Labute approximate surface area is 128 Å². The second kappa shape index (κ2) is 7.60. The molecule has 1 unspecified atom stereocenters. The van der Waals surface area contributed by atoms with Crippen molar-refractivity contribution in [2.75, 3.05) is 26.2 Å². The van der Waals surface area contributed by atoms with Gasteiger partial charge in [0.1, 0.15) is 0 Å². The average molecular weight is 288 g/mol. The van der Waals surface area contributed by atoms with E-state index in [1.54, 1.807) is 0 Å². The summed E-state index contributed by atoms with van der Waals surface area (Å²) in [6, 6.07) is 10.4. The molecule has 0 bridgehead atoms. The average Bonchev–Trinajstić information content (AvgIpc) is 2.56. The molecule has 0 radical (unpaired) electrons. The molecule has 3 heteroatoms. The van der Waals surface area contributed by atoms with Crippen LogP contribution in [0, 0.1) is 5.41 Å². The lowest BCUT2D eigenvalue weighted by Crippen LogP contribution is -2.52. The van der Waals surface area contributed by atoms with Crippen LogP contribution >= 0.6 is 0 Å². The Morgan fingerprint density at radius 1 is 1.29 bits per heavy atom. The number of piperidine rings is 1. The predicted octanol–water partition coefficient (Wildman–Crippen LogP) is 2.86.